The molecule has 0 aliphatic rings. The lowest BCUT2D eigenvalue weighted by molar-refractivity contribution is -0.120. The summed E-state index contributed by atoms with van der Waals surface area (Å²) in [5, 5.41) is 14.1. The molecule has 6 heteroatoms. The largest absolute Gasteiger partial charge is 0.368 e. The molecule has 2 aromatic rings. The third-order valence-electron chi connectivity index (χ3n) is 3.24. The van der Waals surface area contributed by atoms with Crippen LogP contribution in [0.2, 0.25) is 0 Å². The Labute approximate surface area is 122 Å². The van der Waals surface area contributed by atoms with Crippen LogP contribution in [0.4, 0.5) is 5.82 Å². The average molecular weight is 288 g/mol. The van der Waals surface area contributed by atoms with Gasteiger partial charge in [-0.05, 0) is 18.9 Å². The number of hydrogen-bond acceptors (Lipinski definition) is 4. The van der Waals surface area contributed by atoms with Crippen molar-refractivity contribution in [1.29, 1.82) is 0 Å². The van der Waals surface area contributed by atoms with Crippen LogP contribution in [0.5, 0.6) is 0 Å². The molecule has 3 N–H and O–H groups in total. The number of aromatic amines is 1. The fourth-order valence-corrected chi connectivity index (χ4v) is 2.06. The first-order chi connectivity index (χ1) is 10.2. The van der Waals surface area contributed by atoms with Gasteiger partial charge in [-0.25, -0.2) is 5.10 Å². The summed E-state index contributed by atoms with van der Waals surface area (Å²) in [7, 11) is 0. The number of benzene rings is 1. The van der Waals surface area contributed by atoms with Crippen LogP contribution in [0, 0.1) is 0 Å². The predicted octanol–water partition coefficient (Wildman–Crippen LogP) is 1.64. The molecule has 2 rings (SSSR count). The lowest BCUT2D eigenvalue weighted by Gasteiger charge is -2.08. The van der Waals surface area contributed by atoms with Crippen molar-refractivity contribution in [1.82, 2.24) is 15.5 Å². The van der Waals surface area contributed by atoms with Crippen molar-refractivity contribution in [3.05, 3.63) is 34.6 Å². The summed E-state index contributed by atoms with van der Waals surface area (Å²) < 4.78 is 0. The van der Waals surface area contributed by atoms with E-state index in [2.05, 4.69) is 20.8 Å². The number of amides is 1. The monoisotopic (exact) mass is 288 g/mol. The first-order valence-corrected chi connectivity index (χ1v) is 7.20. The summed E-state index contributed by atoms with van der Waals surface area (Å²) in [6.45, 7) is 3.27. The van der Waals surface area contributed by atoms with Gasteiger partial charge in [0.2, 0.25) is 5.91 Å². The minimum Gasteiger partial charge on any atom is -0.368 e. The maximum Gasteiger partial charge on any atom is 0.272 e. The maximum atomic E-state index is 11.7. The summed E-state index contributed by atoms with van der Waals surface area (Å²) in [4.78, 5) is 22.7. The number of carbonyl (C=O) groups is 1. The quantitative estimate of drug-likeness (QED) is 0.676. The van der Waals surface area contributed by atoms with Gasteiger partial charge in [0, 0.05) is 24.9 Å². The van der Waals surface area contributed by atoms with Crippen LogP contribution in [0.25, 0.3) is 10.8 Å². The number of anilines is 1. The molecule has 0 fully saturated rings. The van der Waals surface area contributed by atoms with Crippen molar-refractivity contribution in [2.75, 3.05) is 18.4 Å². The average Bonchev–Trinajstić information content (AvgIpc) is 2.52. The van der Waals surface area contributed by atoms with Gasteiger partial charge in [-0.1, -0.05) is 25.1 Å². The lowest BCUT2D eigenvalue weighted by Crippen LogP contribution is -2.23. The molecule has 0 saturated carbocycles. The van der Waals surface area contributed by atoms with Crippen molar-refractivity contribution in [3.63, 3.8) is 0 Å². The second kappa shape index (κ2) is 7.42. The Morgan fingerprint density at radius 1 is 1.19 bits per heavy atom. The molecule has 0 radical (unpaired) electrons. The Morgan fingerprint density at radius 3 is 2.67 bits per heavy atom. The molecule has 1 amide bonds. The molecular weight excluding hydrogens is 268 g/mol. The molecule has 1 heterocycles. The van der Waals surface area contributed by atoms with Crippen LogP contribution in [-0.4, -0.2) is 29.2 Å². The van der Waals surface area contributed by atoms with E-state index in [0.29, 0.717) is 24.2 Å². The molecule has 0 spiro atoms. The van der Waals surface area contributed by atoms with E-state index >= 15 is 0 Å². The van der Waals surface area contributed by atoms with Crippen LogP contribution in [-0.2, 0) is 4.79 Å². The molecule has 0 saturated heterocycles. The number of nitrogens with one attached hydrogen (secondary N) is 3. The summed E-state index contributed by atoms with van der Waals surface area (Å²) >= 11 is 0. The molecule has 0 unspecified atom stereocenters. The fraction of sp³-hybridized carbons (Fsp3) is 0.400. The normalized spacial score (nSPS) is 10.5. The van der Waals surface area contributed by atoms with Gasteiger partial charge in [0.05, 0.1) is 5.39 Å². The van der Waals surface area contributed by atoms with Gasteiger partial charge in [0.25, 0.3) is 5.56 Å². The number of fused-ring (bicyclic) bond motifs is 1. The van der Waals surface area contributed by atoms with E-state index in [1.807, 2.05) is 25.1 Å². The number of hydrogen-bond donors (Lipinski definition) is 3. The zero-order valence-electron chi connectivity index (χ0n) is 12.1. The number of aromatic nitrogens is 2. The number of nitrogens with zero attached hydrogens (tertiary/aromatic N) is 1. The first kappa shape index (κ1) is 15.0. The molecule has 0 atom stereocenters. The van der Waals surface area contributed by atoms with Gasteiger partial charge in [0.15, 0.2) is 5.82 Å². The second-order valence-corrected chi connectivity index (χ2v) is 4.78. The van der Waals surface area contributed by atoms with E-state index in [0.717, 1.165) is 24.8 Å². The molecule has 1 aromatic carbocycles. The van der Waals surface area contributed by atoms with Gasteiger partial charge < -0.3 is 10.6 Å². The Balaban J connectivity index is 1.86. The summed E-state index contributed by atoms with van der Waals surface area (Å²) in [5.74, 6) is 0.763. The first-order valence-electron chi connectivity index (χ1n) is 7.20. The van der Waals surface area contributed by atoms with Gasteiger partial charge in [-0.15, -0.1) is 0 Å². The Kier molecular flexibility index (Phi) is 5.31. The highest BCUT2D eigenvalue weighted by molar-refractivity contribution is 5.90. The van der Waals surface area contributed by atoms with Crippen molar-refractivity contribution in [3.8, 4) is 0 Å². The van der Waals surface area contributed by atoms with Crippen LogP contribution in [0.1, 0.15) is 26.2 Å². The van der Waals surface area contributed by atoms with Gasteiger partial charge in [-0.3, -0.25) is 9.59 Å². The fourth-order valence-electron chi connectivity index (χ4n) is 2.06. The van der Waals surface area contributed by atoms with Crippen molar-refractivity contribution in [2.45, 2.75) is 26.2 Å². The zero-order chi connectivity index (χ0) is 15.1. The van der Waals surface area contributed by atoms with E-state index in [1.165, 1.54) is 0 Å². The van der Waals surface area contributed by atoms with E-state index in [-0.39, 0.29) is 11.5 Å². The third-order valence-corrected chi connectivity index (χ3v) is 3.24. The highest BCUT2D eigenvalue weighted by Gasteiger charge is 2.04. The Morgan fingerprint density at radius 2 is 1.90 bits per heavy atom. The summed E-state index contributed by atoms with van der Waals surface area (Å²) in [5.41, 5.74) is -0.182. The Hall–Kier alpha value is -2.37. The maximum absolute atomic E-state index is 11.7. The minimum absolute atomic E-state index is 0.0799. The summed E-state index contributed by atoms with van der Waals surface area (Å²) in [6.07, 6.45) is 2.34. The molecule has 21 heavy (non-hydrogen) atoms. The molecule has 0 aliphatic carbocycles. The molecule has 1 aromatic heterocycles. The topological polar surface area (TPSA) is 86.9 Å². The van der Waals surface area contributed by atoms with Crippen molar-refractivity contribution < 1.29 is 4.79 Å². The van der Waals surface area contributed by atoms with Crippen LogP contribution >= 0.6 is 0 Å². The third kappa shape index (κ3) is 4.05. The van der Waals surface area contributed by atoms with Gasteiger partial charge in [-0.2, -0.15) is 5.10 Å². The summed E-state index contributed by atoms with van der Waals surface area (Å²) in [6, 6.07) is 7.37. The number of carbonyl (C=O) groups excluding carboxylic acids is 1. The lowest BCUT2D eigenvalue weighted by atomic mass is 10.2. The molecule has 6 nitrogen and oxygen atoms in total. The SMILES string of the molecule is CCC(=O)NCCCCNc1n[nH]c(=O)c2ccccc12. The zero-order valence-corrected chi connectivity index (χ0v) is 12.1. The van der Waals surface area contributed by atoms with Gasteiger partial charge >= 0.3 is 0 Å². The number of rotatable bonds is 7. The molecule has 0 aliphatic heterocycles. The van der Waals surface area contributed by atoms with Crippen LogP contribution in [0.3, 0.4) is 0 Å². The van der Waals surface area contributed by atoms with E-state index in [9.17, 15) is 9.59 Å². The highest BCUT2D eigenvalue weighted by atomic mass is 16.1. The van der Waals surface area contributed by atoms with Crippen molar-refractivity contribution in [2.24, 2.45) is 0 Å². The van der Waals surface area contributed by atoms with E-state index in [1.54, 1.807) is 6.07 Å². The van der Waals surface area contributed by atoms with Gasteiger partial charge in [0.1, 0.15) is 0 Å². The number of H-pyrrole nitrogens is 1. The molecular formula is C15H20N4O2. The van der Waals surface area contributed by atoms with Crippen LogP contribution in [0.15, 0.2) is 29.1 Å². The highest BCUT2D eigenvalue weighted by Crippen LogP contribution is 2.16. The smallest absolute Gasteiger partial charge is 0.272 e. The second-order valence-electron chi connectivity index (χ2n) is 4.78. The van der Waals surface area contributed by atoms with E-state index < -0.39 is 0 Å². The Bertz CT molecular complexity index is 666. The van der Waals surface area contributed by atoms with Crippen molar-refractivity contribution >= 4 is 22.5 Å². The standard InChI is InChI=1S/C15H20N4O2/c1-2-13(20)16-9-5-6-10-17-14-11-7-3-4-8-12(11)15(21)19-18-14/h3-4,7-8H,2,5-6,9-10H2,1H3,(H,16,20)(H,17,18)(H,19,21). The molecule has 0 bridgehead atoms. The number of unbranched alkanes of at least 4 members (excludes halogenated alkanes) is 1. The minimum atomic E-state index is -0.182. The van der Waals surface area contributed by atoms with Crippen LogP contribution < -0.4 is 16.2 Å². The predicted molar refractivity (Wildman–Crippen MR) is 83.4 cm³/mol. The molecule has 112 valence electrons. The van der Waals surface area contributed by atoms with E-state index in [4.69, 9.17) is 0 Å².